The molecule has 1 aromatic rings. The number of halogens is 2. The van der Waals surface area contributed by atoms with E-state index in [2.05, 4.69) is 32.5 Å². The van der Waals surface area contributed by atoms with Crippen molar-refractivity contribution in [3.8, 4) is 11.8 Å². The molecule has 1 aromatic carbocycles. The van der Waals surface area contributed by atoms with Crippen molar-refractivity contribution >= 4 is 26.0 Å². The van der Waals surface area contributed by atoms with Crippen LogP contribution in [0.15, 0.2) is 27.6 Å². The van der Waals surface area contributed by atoms with Gasteiger partial charge in [0.25, 0.3) is 0 Å². The maximum Gasteiger partial charge on any atom is 0.243 e. The van der Waals surface area contributed by atoms with Crippen molar-refractivity contribution in [2.45, 2.75) is 18.2 Å². The molecule has 0 saturated heterocycles. The molecule has 0 unspecified atom stereocenters. The van der Waals surface area contributed by atoms with Gasteiger partial charge in [0.1, 0.15) is 10.7 Å². The maximum atomic E-state index is 13.4. The van der Waals surface area contributed by atoms with Crippen molar-refractivity contribution in [3.63, 3.8) is 0 Å². The summed E-state index contributed by atoms with van der Waals surface area (Å²) in [5.74, 6) is 4.58. The van der Waals surface area contributed by atoms with Crippen molar-refractivity contribution in [2.75, 3.05) is 6.54 Å². The van der Waals surface area contributed by atoms with E-state index in [1.807, 2.05) is 0 Å². The lowest BCUT2D eigenvalue weighted by atomic mass is 10.3. The van der Waals surface area contributed by atoms with Crippen LogP contribution < -0.4 is 4.72 Å². The zero-order valence-corrected chi connectivity index (χ0v) is 11.5. The summed E-state index contributed by atoms with van der Waals surface area (Å²) >= 11 is 3.06. The van der Waals surface area contributed by atoms with Gasteiger partial charge in [-0.25, -0.2) is 17.5 Å². The first-order chi connectivity index (χ1) is 7.97. The van der Waals surface area contributed by atoms with Crippen molar-refractivity contribution in [3.05, 3.63) is 28.5 Å². The van der Waals surface area contributed by atoms with Crippen LogP contribution in [-0.2, 0) is 10.0 Å². The fourth-order valence-corrected chi connectivity index (χ4v) is 2.57. The number of hydrogen-bond donors (Lipinski definition) is 1. The minimum Gasteiger partial charge on any atom is -0.210 e. The summed E-state index contributed by atoms with van der Waals surface area (Å²) in [5.41, 5.74) is 0. The molecule has 1 N–H and O–H groups in total. The molecule has 0 aliphatic heterocycles. The van der Waals surface area contributed by atoms with Crippen LogP contribution in [0.4, 0.5) is 4.39 Å². The van der Waals surface area contributed by atoms with Gasteiger partial charge in [0.2, 0.25) is 10.0 Å². The van der Waals surface area contributed by atoms with E-state index in [9.17, 15) is 12.8 Å². The zero-order chi connectivity index (χ0) is 12.9. The lowest BCUT2D eigenvalue weighted by Gasteiger charge is -2.06. The molecule has 0 spiro atoms. The van der Waals surface area contributed by atoms with Gasteiger partial charge < -0.3 is 0 Å². The summed E-state index contributed by atoms with van der Waals surface area (Å²) in [7, 11) is -3.80. The second-order valence-corrected chi connectivity index (χ2v) is 5.80. The van der Waals surface area contributed by atoms with Crippen molar-refractivity contribution < 1.29 is 12.8 Å². The average molecular weight is 320 g/mol. The van der Waals surface area contributed by atoms with Gasteiger partial charge in [0.05, 0.1) is 0 Å². The Bertz CT molecular complexity index is 561. The number of hydrogen-bond acceptors (Lipinski definition) is 2. The molecule has 3 nitrogen and oxygen atoms in total. The molecule has 0 fully saturated rings. The molecular formula is C11H11BrFNO2S. The average Bonchev–Trinajstić information content (AvgIpc) is 2.24. The zero-order valence-electron chi connectivity index (χ0n) is 9.13. The Hall–Kier alpha value is -0.900. The summed E-state index contributed by atoms with van der Waals surface area (Å²) in [4.78, 5) is -0.356. The van der Waals surface area contributed by atoms with Crippen molar-refractivity contribution in [1.82, 2.24) is 4.72 Å². The molecule has 1 rings (SSSR count). The highest BCUT2D eigenvalue weighted by molar-refractivity contribution is 9.10. The quantitative estimate of drug-likeness (QED) is 0.683. The van der Waals surface area contributed by atoms with E-state index in [4.69, 9.17) is 0 Å². The van der Waals surface area contributed by atoms with E-state index >= 15 is 0 Å². The van der Waals surface area contributed by atoms with Gasteiger partial charge in [-0.3, -0.25) is 0 Å². The predicted octanol–water partition coefficient (Wildman–Crippen LogP) is 2.28. The van der Waals surface area contributed by atoms with Gasteiger partial charge in [0, 0.05) is 17.4 Å². The molecule has 0 aliphatic carbocycles. The molecule has 17 heavy (non-hydrogen) atoms. The molecule has 92 valence electrons. The molecule has 0 bridgehead atoms. The van der Waals surface area contributed by atoms with Crippen LogP contribution in [0.1, 0.15) is 13.3 Å². The number of sulfonamides is 1. The summed E-state index contributed by atoms with van der Waals surface area (Å²) in [6, 6.07) is 3.80. The summed E-state index contributed by atoms with van der Waals surface area (Å²) in [6.07, 6.45) is 0.397. The Morgan fingerprint density at radius 3 is 2.76 bits per heavy atom. The van der Waals surface area contributed by atoms with Crippen LogP contribution in [-0.4, -0.2) is 15.0 Å². The molecule has 0 aliphatic rings. The Morgan fingerprint density at radius 1 is 1.47 bits per heavy atom. The highest BCUT2D eigenvalue weighted by atomic mass is 79.9. The highest BCUT2D eigenvalue weighted by Crippen LogP contribution is 2.19. The summed E-state index contributed by atoms with van der Waals surface area (Å²) in [5, 5.41) is 0. The predicted molar refractivity (Wildman–Crippen MR) is 67.4 cm³/mol. The lowest BCUT2D eigenvalue weighted by molar-refractivity contribution is 0.557. The van der Waals surface area contributed by atoms with Gasteiger partial charge >= 0.3 is 0 Å². The smallest absolute Gasteiger partial charge is 0.210 e. The second kappa shape index (κ2) is 6.15. The van der Waals surface area contributed by atoms with Gasteiger partial charge in [-0.1, -0.05) is 15.9 Å². The third-order valence-corrected chi connectivity index (χ3v) is 3.89. The second-order valence-electron chi connectivity index (χ2n) is 3.15. The summed E-state index contributed by atoms with van der Waals surface area (Å²) < 4.78 is 39.6. The fourth-order valence-electron chi connectivity index (χ4n) is 1.14. The minimum atomic E-state index is -3.80. The van der Waals surface area contributed by atoms with Gasteiger partial charge in [-0.05, 0) is 25.1 Å². The fraction of sp³-hybridized carbons (Fsp3) is 0.273. The maximum absolute atomic E-state index is 13.4. The molecular weight excluding hydrogens is 309 g/mol. The van der Waals surface area contributed by atoms with E-state index in [0.29, 0.717) is 10.9 Å². The van der Waals surface area contributed by atoms with E-state index in [0.717, 1.165) is 6.07 Å². The Kier molecular flexibility index (Phi) is 5.12. The van der Waals surface area contributed by atoms with Crippen LogP contribution in [0.2, 0.25) is 0 Å². The summed E-state index contributed by atoms with van der Waals surface area (Å²) in [6.45, 7) is 1.83. The number of nitrogens with one attached hydrogen (secondary N) is 1. The van der Waals surface area contributed by atoms with Crippen LogP contribution in [0, 0.1) is 17.7 Å². The van der Waals surface area contributed by atoms with Crippen molar-refractivity contribution in [1.29, 1.82) is 0 Å². The first-order valence-corrected chi connectivity index (χ1v) is 7.09. The lowest BCUT2D eigenvalue weighted by Crippen LogP contribution is -2.25. The van der Waals surface area contributed by atoms with Gasteiger partial charge in [0.15, 0.2) is 0 Å². The number of benzene rings is 1. The van der Waals surface area contributed by atoms with Gasteiger partial charge in [-0.2, -0.15) is 0 Å². The van der Waals surface area contributed by atoms with Crippen molar-refractivity contribution in [2.24, 2.45) is 0 Å². The highest BCUT2D eigenvalue weighted by Gasteiger charge is 2.18. The molecule has 6 heteroatoms. The largest absolute Gasteiger partial charge is 0.243 e. The molecule has 0 radical (unpaired) electrons. The monoisotopic (exact) mass is 319 g/mol. The first-order valence-electron chi connectivity index (χ1n) is 4.81. The minimum absolute atomic E-state index is 0.165. The Labute approximate surface area is 109 Å². The topological polar surface area (TPSA) is 46.2 Å². The van der Waals surface area contributed by atoms with Crippen LogP contribution in [0.3, 0.4) is 0 Å². The van der Waals surface area contributed by atoms with Crippen LogP contribution in [0.25, 0.3) is 0 Å². The van der Waals surface area contributed by atoms with Crippen LogP contribution >= 0.6 is 15.9 Å². The molecule has 0 aromatic heterocycles. The SMILES string of the molecule is CC#CCCNS(=O)(=O)c1ccc(Br)cc1F. The standard InChI is InChI=1S/C11H11BrFNO2S/c1-2-3-4-7-14-17(15,16)11-6-5-9(12)8-10(11)13/h5-6,8,14H,4,7H2,1H3. The van der Waals surface area contributed by atoms with E-state index in [1.54, 1.807) is 6.92 Å². The van der Waals surface area contributed by atoms with E-state index in [-0.39, 0.29) is 11.4 Å². The van der Waals surface area contributed by atoms with Crippen LogP contribution in [0.5, 0.6) is 0 Å². The normalized spacial score (nSPS) is 10.8. The number of rotatable bonds is 4. The third-order valence-electron chi connectivity index (χ3n) is 1.90. The van der Waals surface area contributed by atoms with Gasteiger partial charge in [-0.15, -0.1) is 11.8 Å². The third kappa shape index (κ3) is 4.11. The molecule has 0 heterocycles. The van der Waals surface area contributed by atoms with E-state index in [1.165, 1.54) is 12.1 Å². The molecule has 0 atom stereocenters. The molecule has 0 amide bonds. The first kappa shape index (κ1) is 14.2. The molecule has 0 saturated carbocycles. The van der Waals surface area contributed by atoms with E-state index < -0.39 is 15.8 Å². The Balaban J connectivity index is 2.85. The Morgan fingerprint density at radius 2 is 2.18 bits per heavy atom.